The second-order valence-corrected chi connectivity index (χ2v) is 5.39. The first-order valence-electron chi connectivity index (χ1n) is 6.62. The van der Waals surface area contributed by atoms with Gasteiger partial charge in [-0.1, -0.05) is 23.9 Å². The third-order valence-corrected chi connectivity index (χ3v) is 4.07. The van der Waals surface area contributed by atoms with Crippen LogP contribution in [0.3, 0.4) is 0 Å². The maximum Gasteiger partial charge on any atom is 0.200 e. The minimum atomic E-state index is -0.221. The molecule has 0 aliphatic rings. The van der Waals surface area contributed by atoms with Gasteiger partial charge >= 0.3 is 0 Å². The van der Waals surface area contributed by atoms with Gasteiger partial charge in [-0.3, -0.25) is 4.57 Å². The summed E-state index contributed by atoms with van der Waals surface area (Å²) in [4.78, 5) is 0. The summed E-state index contributed by atoms with van der Waals surface area (Å²) in [6, 6.07) is 10.3. The first-order valence-corrected chi connectivity index (χ1v) is 7.61. The van der Waals surface area contributed by atoms with E-state index in [2.05, 4.69) is 10.2 Å². The molecule has 0 radical (unpaired) electrons. The van der Waals surface area contributed by atoms with Crippen molar-refractivity contribution in [2.45, 2.75) is 24.4 Å². The largest absolute Gasteiger partial charge is 0.461 e. The number of furan rings is 1. The zero-order chi connectivity index (χ0) is 14.7. The summed E-state index contributed by atoms with van der Waals surface area (Å²) < 4.78 is 20.5. The lowest BCUT2D eigenvalue weighted by Crippen LogP contribution is -1.99. The maximum absolute atomic E-state index is 13.2. The van der Waals surface area contributed by atoms with E-state index < -0.39 is 0 Å². The number of thioether (sulfide) groups is 1. The first kappa shape index (κ1) is 13.9. The van der Waals surface area contributed by atoms with Gasteiger partial charge in [0, 0.05) is 12.3 Å². The molecule has 4 nitrogen and oxygen atoms in total. The normalized spacial score (nSPS) is 11.0. The standard InChI is InChI=1S/C15H14FN3OS/c1-2-19-14(13-7-4-8-20-13)17-18-15(19)21-10-11-5-3-6-12(16)9-11/h3-9H,2,10H2,1H3. The van der Waals surface area contributed by atoms with Crippen LogP contribution < -0.4 is 0 Å². The van der Waals surface area contributed by atoms with Crippen molar-refractivity contribution in [3.63, 3.8) is 0 Å². The van der Waals surface area contributed by atoms with E-state index >= 15 is 0 Å². The van der Waals surface area contributed by atoms with Crippen LogP contribution in [0.2, 0.25) is 0 Å². The molecule has 0 saturated carbocycles. The van der Waals surface area contributed by atoms with Crippen molar-refractivity contribution >= 4 is 11.8 Å². The molecule has 6 heteroatoms. The summed E-state index contributed by atoms with van der Waals surface area (Å²) in [7, 11) is 0. The van der Waals surface area contributed by atoms with Gasteiger partial charge in [0.1, 0.15) is 5.82 Å². The molecule has 0 aliphatic heterocycles. The number of hydrogen-bond acceptors (Lipinski definition) is 4. The molecule has 3 aromatic rings. The first-order chi connectivity index (χ1) is 10.3. The fourth-order valence-electron chi connectivity index (χ4n) is 2.04. The monoisotopic (exact) mass is 303 g/mol. The Morgan fingerprint density at radius 3 is 2.86 bits per heavy atom. The highest BCUT2D eigenvalue weighted by molar-refractivity contribution is 7.98. The van der Waals surface area contributed by atoms with Crippen LogP contribution in [-0.4, -0.2) is 14.8 Å². The van der Waals surface area contributed by atoms with Crippen molar-refractivity contribution in [3.8, 4) is 11.6 Å². The van der Waals surface area contributed by atoms with Crippen molar-refractivity contribution in [2.75, 3.05) is 0 Å². The van der Waals surface area contributed by atoms with E-state index in [-0.39, 0.29) is 5.82 Å². The van der Waals surface area contributed by atoms with Crippen LogP contribution in [0.4, 0.5) is 4.39 Å². The van der Waals surface area contributed by atoms with Gasteiger partial charge in [-0.05, 0) is 36.8 Å². The molecule has 0 bridgehead atoms. The van der Waals surface area contributed by atoms with Crippen molar-refractivity contribution < 1.29 is 8.81 Å². The van der Waals surface area contributed by atoms with Crippen molar-refractivity contribution in [3.05, 3.63) is 54.0 Å². The lowest BCUT2D eigenvalue weighted by molar-refractivity contribution is 0.567. The highest BCUT2D eigenvalue weighted by Gasteiger charge is 2.15. The van der Waals surface area contributed by atoms with E-state index in [0.29, 0.717) is 17.3 Å². The summed E-state index contributed by atoms with van der Waals surface area (Å²) >= 11 is 1.53. The van der Waals surface area contributed by atoms with Gasteiger partial charge < -0.3 is 4.42 Å². The highest BCUT2D eigenvalue weighted by atomic mass is 32.2. The quantitative estimate of drug-likeness (QED) is 0.668. The highest BCUT2D eigenvalue weighted by Crippen LogP contribution is 2.26. The SMILES string of the molecule is CCn1c(SCc2cccc(F)c2)nnc1-c1ccco1. The Morgan fingerprint density at radius 2 is 2.14 bits per heavy atom. The van der Waals surface area contributed by atoms with E-state index in [1.165, 1.54) is 23.9 Å². The molecule has 21 heavy (non-hydrogen) atoms. The van der Waals surface area contributed by atoms with Gasteiger partial charge in [-0.15, -0.1) is 10.2 Å². The van der Waals surface area contributed by atoms with E-state index in [9.17, 15) is 4.39 Å². The number of benzene rings is 1. The van der Waals surface area contributed by atoms with Gasteiger partial charge in [-0.25, -0.2) is 4.39 Å². The number of nitrogens with zero attached hydrogens (tertiary/aromatic N) is 3. The molecule has 1 aromatic carbocycles. The topological polar surface area (TPSA) is 43.9 Å². The molecule has 3 rings (SSSR count). The minimum Gasteiger partial charge on any atom is -0.461 e. The van der Waals surface area contributed by atoms with Crippen molar-refractivity contribution in [1.82, 2.24) is 14.8 Å². The lowest BCUT2D eigenvalue weighted by atomic mass is 10.2. The van der Waals surface area contributed by atoms with Gasteiger partial charge in [0.05, 0.1) is 6.26 Å². The number of aromatic nitrogens is 3. The van der Waals surface area contributed by atoms with Crippen LogP contribution in [0.25, 0.3) is 11.6 Å². The van der Waals surface area contributed by atoms with E-state index in [1.54, 1.807) is 12.3 Å². The molecule has 2 aromatic heterocycles. The van der Waals surface area contributed by atoms with E-state index in [1.807, 2.05) is 29.7 Å². The second kappa shape index (κ2) is 6.13. The smallest absolute Gasteiger partial charge is 0.200 e. The zero-order valence-electron chi connectivity index (χ0n) is 11.5. The van der Waals surface area contributed by atoms with E-state index in [0.717, 1.165) is 17.3 Å². The molecule has 0 spiro atoms. The molecule has 0 N–H and O–H groups in total. The number of rotatable bonds is 5. The second-order valence-electron chi connectivity index (χ2n) is 4.45. The fourth-order valence-corrected chi connectivity index (χ4v) is 2.99. The molecular weight excluding hydrogens is 289 g/mol. The Bertz CT molecular complexity index is 724. The van der Waals surface area contributed by atoms with Crippen LogP contribution in [-0.2, 0) is 12.3 Å². The van der Waals surface area contributed by atoms with Gasteiger partial charge in [0.2, 0.25) is 0 Å². The van der Waals surface area contributed by atoms with Crippen molar-refractivity contribution in [2.24, 2.45) is 0 Å². The fraction of sp³-hybridized carbons (Fsp3) is 0.200. The predicted octanol–water partition coefficient (Wildman–Crippen LogP) is 3.99. The maximum atomic E-state index is 13.2. The molecule has 0 aliphatic carbocycles. The molecule has 108 valence electrons. The van der Waals surface area contributed by atoms with Crippen LogP contribution in [0.1, 0.15) is 12.5 Å². The van der Waals surface area contributed by atoms with Crippen molar-refractivity contribution in [1.29, 1.82) is 0 Å². The van der Waals surface area contributed by atoms with Gasteiger partial charge in [-0.2, -0.15) is 0 Å². The van der Waals surface area contributed by atoms with Gasteiger partial charge in [0.15, 0.2) is 16.7 Å². The Balaban J connectivity index is 1.80. The van der Waals surface area contributed by atoms with Crippen LogP contribution in [0.15, 0.2) is 52.2 Å². The third-order valence-electron chi connectivity index (χ3n) is 3.03. The third kappa shape index (κ3) is 3.00. The summed E-state index contributed by atoms with van der Waals surface area (Å²) in [5, 5.41) is 9.19. The lowest BCUT2D eigenvalue weighted by Gasteiger charge is -2.05. The summed E-state index contributed by atoms with van der Waals surface area (Å²) in [6.07, 6.45) is 1.61. The number of halogens is 1. The average Bonchev–Trinajstić information content (AvgIpc) is 3.13. The molecule has 0 amide bonds. The Labute approximate surface area is 126 Å². The molecule has 0 fully saturated rings. The summed E-state index contributed by atoms with van der Waals surface area (Å²) in [6.45, 7) is 2.77. The molecule has 0 unspecified atom stereocenters. The Kier molecular flexibility index (Phi) is 4.06. The summed E-state index contributed by atoms with van der Waals surface area (Å²) in [5.74, 6) is 1.83. The average molecular weight is 303 g/mol. The Hall–Kier alpha value is -2.08. The molecule has 0 saturated heterocycles. The van der Waals surface area contributed by atoms with Crippen LogP contribution in [0.5, 0.6) is 0 Å². The van der Waals surface area contributed by atoms with Crippen LogP contribution >= 0.6 is 11.8 Å². The zero-order valence-corrected chi connectivity index (χ0v) is 12.3. The Morgan fingerprint density at radius 1 is 1.24 bits per heavy atom. The summed E-state index contributed by atoms with van der Waals surface area (Å²) in [5.41, 5.74) is 0.921. The number of hydrogen-bond donors (Lipinski definition) is 0. The van der Waals surface area contributed by atoms with Crippen LogP contribution in [0, 0.1) is 5.82 Å². The molecule has 2 heterocycles. The predicted molar refractivity (Wildman–Crippen MR) is 79.4 cm³/mol. The van der Waals surface area contributed by atoms with E-state index in [4.69, 9.17) is 4.42 Å². The molecular formula is C15H14FN3OS. The minimum absolute atomic E-state index is 0.221. The molecule has 0 atom stereocenters. The van der Waals surface area contributed by atoms with Gasteiger partial charge in [0.25, 0.3) is 0 Å².